The van der Waals surface area contributed by atoms with Crippen LogP contribution in [-0.4, -0.2) is 161 Å². The van der Waals surface area contributed by atoms with Crippen molar-refractivity contribution in [2.45, 2.75) is 205 Å². The smallest absolute Gasteiger partial charge is 0.589 e. The van der Waals surface area contributed by atoms with Gasteiger partial charge >= 0.3 is 39.3 Å². The number of hydrogen-bond donors (Lipinski definition) is 0. The van der Waals surface area contributed by atoms with E-state index < -0.39 is 53.1 Å². The fraction of sp³-hybridized carbons (Fsp3) is 0.606. The first kappa shape index (κ1) is 75.0. The van der Waals surface area contributed by atoms with Crippen LogP contribution in [0.15, 0.2) is 68.5 Å². The number of fused-ring (bicyclic) bond motifs is 4. The average Bonchev–Trinajstić information content (AvgIpc) is 1.01. The molecule has 0 radical (unpaired) electrons. The van der Waals surface area contributed by atoms with Crippen molar-refractivity contribution in [2.75, 3.05) is 79.2 Å². The van der Waals surface area contributed by atoms with Gasteiger partial charge in [0.1, 0.15) is 6.54 Å². The first-order valence-electron chi connectivity index (χ1n) is 33.4. The maximum atomic E-state index is 7.81. The quantitative estimate of drug-likeness (QED) is 0.0553. The summed E-state index contributed by atoms with van der Waals surface area (Å²) in [5.41, 5.74) is 10.7. The van der Waals surface area contributed by atoms with E-state index in [0.29, 0.717) is 62.4 Å². The Labute approximate surface area is 556 Å². The molecule has 0 spiro atoms. The molecule has 0 saturated carbocycles. The number of hydrogen-bond acceptors (Lipinski definition) is 14. The van der Waals surface area contributed by atoms with Gasteiger partial charge in [0.15, 0.2) is 8.32 Å². The Bertz CT molecular complexity index is 3040. The lowest BCUT2D eigenvalue weighted by Gasteiger charge is -2.40. The number of quaternary nitrogens is 1. The summed E-state index contributed by atoms with van der Waals surface area (Å²) in [6.07, 6.45) is 9.50. The minimum absolute atomic E-state index is 0.345. The van der Waals surface area contributed by atoms with Gasteiger partial charge in [0.25, 0.3) is 0 Å². The van der Waals surface area contributed by atoms with Crippen LogP contribution in [-0.2, 0) is 67.8 Å². The third kappa shape index (κ3) is 20.3. The maximum absolute atomic E-state index is 7.81. The molecule has 15 nitrogen and oxygen atoms in total. The lowest BCUT2D eigenvalue weighted by molar-refractivity contribution is -0.936. The standard InChI is InChI=1S/C43H76N4O6Si2.C28H40N2O2.2Al.O/c1-16-46(17-2)32-34-26-36(40(48)38(28-34)42(7,8)9)30-44-22-23-45-31-37-27-35(29-39(41(37)49)43(10,11)12)33-47(18-3,19-4)24-25-54(14,15)53-55(50-13,51-20-5)52-21-6;1-9-19-13-21(25(31)23(15-19)27(3,4)5)17-29-11-12-30-18-22-14-20(10-2)16-24(26(22)32)28(6,7)8;;;/h26-31H,16-25,32-33H2,1-15H3,(H-,44,45,48,49);13-18,31-32H,9-12H2,1-8H3;;;/q;;2*+2;/p-3. The van der Waals surface area contributed by atoms with Gasteiger partial charge in [-0.2, -0.15) is 0 Å². The molecule has 0 aliphatic carbocycles. The molecule has 4 aromatic rings. The van der Waals surface area contributed by atoms with Crippen LogP contribution in [0.3, 0.4) is 0 Å². The van der Waals surface area contributed by atoms with E-state index in [-0.39, 0.29) is 16.2 Å². The molecule has 4 aromatic carbocycles. The SMILES string of the molecule is CCO[Si](OC)(OCC)O[Si](C)(C)CC[N+](CC)(CC)Cc1cc2c(c(C(C)(C)C)c1)[O][Al]([O][Al]1[O]c3c(cc(CC)cc3C(C)(C)C)C=NCCN=Cc3cc(CC)cc(C(C)(C)C)c3[O]1)[O]c1c(cc(CN(CC)CC)cc1C(C)(C)C)C=NCCN=C2. The molecular formula is C71H113Al2N6O9Si2+. The first-order chi connectivity index (χ1) is 42.3. The second-order valence-electron chi connectivity index (χ2n) is 28.8. The molecule has 19 heteroatoms. The fourth-order valence-corrected chi connectivity index (χ4v) is 21.0. The van der Waals surface area contributed by atoms with Gasteiger partial charge in [0.2, 0.25) is 0 Å². The van der Waals surface area contributed by atoms with E-state index >= 15 is 0 Å². The third-order valence-corrected chi connectivity index (χ3v) is 27.0. The van der Waals surface area contributed by atoms with Crippen molar-refractivity contribution in [3.8, 4) is 23.0 Å². The van der Waals surface area contributed by atoms with Crippen molar-refractivity contribution < 1.29 is 39.9 Å². The fourth-order valence-electron chi connectivity index (χ4n) is 11.5. The van der Waals surface area contributed by atoms with Gasteiger partial charge in [0, 0.05) is 85.6 Å². The summed E-state index contributed by atoms with van der Waals surface area (Å²) in [6, 6.07) is 19.0. The van der Waals surface area contributed by atoms with E-state index in [2.05, 4.69) is 191 Å². The first-order valence-corrected chi connectivity index (χ1v) is 41.0. The Morgan fingerprint density at radius 1 is 0.489 bits per heavy atom. The summed E-state index contributed by atoms with van der Waals surface area (Å²) < 4.78 is 64.6. The molecule has 0 fully saturated rings. The number of aryl methyl sites for hydroxylation is 2. The van der Waals surface area contributed by atoms with Crippen LogP contribution in [0.5, 0.6) is 23.0 Å². The van der Waals surface area contributed by atoms with Crippen LogP contribution in [0.4, 0.5) is 0 Å². The van der Waals surface area contributed by atoms with Gasteiger partial charge in [-0.3, -0.25) is 24.9 Å². The molecule has 2 heterocycles. The molecule has 0 N–H and O–H groups in total. The topological polar surface area (TPSA) is 136 Å². The predicted molar refractivity (Wildman–Crippen MR) is 380 cm³/mol. The van der Waals surface area contributed by atoms with Gasteiger partial charge in [-0.15, -0.1) is 0 Å². The van der Waals surface area contributed by atoms with Crippen LogP contribution in [0.25, 0.3) is 0 Å². The molecule has 494 valence electrons. The Kier molecular flexibility index (Phi) is 27.0. The molecule has 0 aromatic heterocycles. The average molecular weight is 1300 g/mol. The summed E-state index contributed by atoms with van der Waals surface area (Å²) in [5.74, 6) is 2.68. The lowest BCUT2D eigenvalue weighted by atomic mass is 9.84. The van der Waals surface area contributed by atoms with Gasteiger partial charge in [-0.25, -0.2) is 0 Å². The van der Waals surface area contributed by atoms with E-state index in [9.17, 15) is 0 Å². The normalized spacial score (nSPS) is 15.0. The minimum atomic E-state index is -3.63. The Hall–Kier alpha value is -4.02. The summed E-state index contributed by atoms with van der Waals surface area (Å²) in [7, 11) is -4.09. The summed E-state index contributed by atoms with van der Waals surface area (Å²) >= 11 is -7.21. The van der Waals surface area contributed by atoms with Crippen molar-refractivity contribution >= 4 is 72.5 Å². The molecular weight excluding hydrogens is 1190 g/mol. The molecule has 2 aliphatic heterocycles. The highest BCUT2D eigenvalue weighted by Gasteiger charge is 2.56. The van der Waals surface area contributed by atoms with Crippen LogP contribution < -0.4 is 15.2 Å². The van der Waals surface area contributed by atoms with Crippen molar-refractivity contribution in [3.05, 3.63) is 115 Å². The largest absolute Gasteiger partial charge is 1.07 e. The highest BCUT2D eigenvalue weighted by atomic mass is 28.5. The van der Waals surface area contributed by atoms with E-state index in [1.54, 1.807) is 7.11 Å². The molecule has 2 aliphatic rings. The third-order valence-electron chi connectivity index (χ3n) is 17.1. The predicted octanol–water partition coefficient (Wildman–Crippen LogP) is 14.9. The van der Waals surface area contributed by atoms with Crippen LogP contribution in [0, 0.1) is 0 Å². The van der Waals surface area contributed by atoms with Crippen molar-refractivity contribution in [2.24, 2.45) is 20.0 Å². The zero-order valence-electron chi connectivity index (χ0n) is 59.8. The second kappa shape index (κ2) is 32.4. The van der Waals surface area contributed by atoms with Crippen LogP contribution in [0.1, 0.15) is 205 Å². The second-order valence-corrected chi connectivity index (χ2v) is 38.8. The van der Waals surface area contributed by atoms with Gasteiger partial charge in [0.05, 0.1) is 68.8 Å². The Balaban J connectivity index is 1.66. The van der Waals surface area contributed by atoms with Crippen LogP contribution >= 0.6 is 0 Å². The summed E-state index contributed by atoms with van der Waals surface area (Å²) in [6.45, 7) is 57.7. The Morgan fingerprint density at radius 3 is 1.13 bits per heavy atom. The highest BCUT2D eigenvalue weighted by Crippen LogP contribution is 2.43. The molecule has 0 bridgehead atoms. The Morgan fingerprint density at radius 2 is 0.822 bits per heavy atom. The van der Waals surface area contributed by atoms with Gasteiger partial charge in [-0.05, 0) is 158 Å². The van der Waals surface area contributed by atoms with Gasteiger partial charge in [-0.1, -0.05) is 129 Å². The summed E-state index contributed by atoms with van der Waals surface area (Å²) in [4.78, 5) is 22.7. The van der Waals surface area contributed by atoms with Gasteiger partial charge < -0.3 is 39.9 Å². The number of rotatable bonds is 22. The molecule has 0 saturated heterocycles. The molecule has 0 amide bonds. The summed E-state index contributed by atoms with van der Waals surface area (Å²) in [5, 5.41) is 0. The van der Waals surface area contributed by atoms with E-state index in [1.165, 1.54) is 22.3 Å². The molecule has 0 unspecified atom stereocenters. The maximum Gasteiger partial charge on any atom is 1.07 e. The molecule has 0 atom stereocenters. The van der Waals surface area contributed by atoms with Crippen LogP contribution in [0.2, 0.25) is 19.1 Å². The number of aliphatic imine (C=N–C) groups is 4. The zero-order chi connectivity index (χ0) is 66.5. The number of benzene rings is 4. The monoisotopic (exact) mass is 1300 g/mol. The van der Waals surface area contributed by atoms with Crippen molar-refractivity contribution in [1.82, 2.24) is 4.90 Å². The number of nitrogens with zero attached hydrogens (tertiary/aromatic N) is 6. The van der Waals surface area contributed by atoms with E-state index in [0.717, 1.165) is 114 Å². The van der Waals surface area contributed by atoms with E-state index in [1.807, 2.05) is 38.7 Å². The highest BCUT2D eigenvalue weighted by molar-refractivity contribution is 6.79. The lowest BCUT2D eigenvalue weighted by Crippen LogP contribution is -2.57. The minimum Gasteiger partial charge on any atom is -0.589 e. The van der Waals surface area contributed by atoms with E-state index in [4.69, 9.17) is 55.4 Å². The molecule has 6 rings (SSSR count). The molecule has 90 heavy (non-hydrogen) atoms. The van der Waals surface area contributed by atoms with Crippen molar-refractivity contribution in [1.29, 1.82) is 0 Å². The van der Waals surface area contributed by atoms with Crippen molar-refractivity contribution in [3.63, 3.8) is 0 Å². The zero-order valence-corrected chi connectivity index (χ0v) is 64.1.